The Morgan fingerprint density at radius 2 is 1.94 bits per heavy atom. The van der Waals surface area contributed by atoms with Crippen LogP contribution < -0.4 is 10.1 Å². The third kappa shape index (κ3) is 3.40. The van der Waals surface area contributed by atoms with Gasteiger partial charge in [-0.3, -0.25) is 0 Å². The Bertz CT molecular complexity index is 435. The molecular formula is C14H16N2OS. The number of aromatic nitrogens is 1. The van der Waals surface area contributed by atoms with Crippen molar-refractivity contribution in [2.75, 3.05) is 18.7 Å². The second-order valence-electron chi connectivity index (χ2n) is 3.79. The number of hydrogen-bond acceptors (Lipinski definition) is 4. The normalized spacial score (nSPS) is 10.1. The van der Waals surface area contributed by atoms with Gasteiger partial charge in [-0.15, -0.1) is 11.8 Å². The Kier molecular flexibility index (Phi) is 4.47. The van der Waals surface area contributed by atoms with Gasteiger partial charge in [0.15, 0.2) is 0 Å². The lowest BCUT2D eigenvalue weighted by Crippen LogP contribution is -1.99. The number of ether oxygens (including phenoxy) is 1. The van der Waals surface area contributed by atoms with Crippen molar-refractivity contribution in [2.24, 2.45) is 0 Å². The van der Waals surface area contributed by atoms with Gasteiger partial charge in [0.2, 0.25) is 5.88 Å². The molecule has 2 aromatic rings. The van der Waals surface area contributed by atoms with E-state index in [0.717, 1.165) is 12.2 Å². The van der Waals surface area contributed by atoms with Gasteiger partial charge >= 0.3 is 0 Å². The molecule has 1 heterocycles. The number of nitrogens with zero attached hydrogens (tertiary/aromatic N) is 1. The quantitative estimate of drug-likeness (QED) is 0.835. The first-order valence-corrected chi connectivity index (χ1v) is 6.91. The summed E-state index contributed by atoms with van der Waals surface area (Å²) < 4.78 is 5.02. The molecule has 1 N–H and O–H groups in total. The van der Waals surface area contributed by atoms with E-state index in [-0.39, 0.29) is 0 Å². The van der Waals surface area contributed by atoms with Crippen molar-refractivity contribution < 1.29 is 4.74 Å². The second-order valence-corrected chi connectivity index (χ2v) is 4.67. The first kappa shape index (κ1) is 12.8. The van der Waals surface area contributed by atoms with Crippen molar-refractivity contribution in [2.45, 2.75) is 11.4 Å². The minimum atomic E-state index is 0.630. The number of anilines is 1. The predicted octanol–water partition coefficient (Wildman–Crippen LogP) is 3.42. The highest BCUT2D eigenvalue weighted by Gasteiger charge is 1.96. The number of methoxy groups -OCH3 is 1. The summed E-state index contributed by atoms with van der Waals surface area (Å²) in [6.45, 7) is 0.794. The number of thioether (sulfide) groups is 1. The molecule has 0 spiro atoms. The molecule has 0 saturated heterocycles. The summed E-state index contributed by atoms with van der Waals surface area (Å²) in [5.74, 6) is 0.630. The second kappa shape index (κ2) is 6.31. The van der Waals surface area contributed by atoms with Gasteiger partial charge in [-0.1, -0.05) is 12.1 Å². The van der Waals surface area contributed by atoms with Crippen molar-refractivity contribution >= 4 is 17.4 Å². The van der Waals surface area contributed by atoms with Gasteiger partial charge in [-0.25, -0.2) is 4.98 Å². The Morgan fingerprint density at radius 3 is 2.50 bits per heavy atom. The minimum Gasteiger partial charge on any atom is -0.481 e. The number of rotatable bonds is 5. The fraction of sp³-hybridized carbons (Fsp3) is 0.214. The average molecular weight is 260 g/mol. The maximum Gasteiger partial charge on any atom is 0.213 e. The fourth-order valence-electron chi connectivity index (χ4n) is 1.55. The summed E-state index contributed by atoms with van der Waals surface area (Å²) >= 11 is 1.75. The molecule has 0 unspecified atom stereocenters. The van der Waals surface area contributed by atoms with Crippen molar-refractivity contribution in [3.8, 4) is 5.88 Å². The van der Waals surface area contributed by atoms with E-state index in [9.17, 15) is 0 Å². The van der Waals surface area contributed by atoms with E-state index in [1.165, 1.54) is 10.5 Å². The topological polar surface area (TPSA) is 34.1 Å². The molecule has 1 aromatic heterocycles. The zero-order valence-corrected chi connectivity index (χ0v) is 11.3. The molecule has 0 bridgehead atoms. The highest BCUT2D eigenvalue weighted by atomic mass is 32.2. The summed E-state index contributed by atoms with van der Waals surface area (Å²) in [6.07, 6.45) is 3.85. The van der Waals surface area contributed by atoms with Crippen molar-refractivity contribution in [1.82, 2.24) is 4.98 Å². The first-order valence-electron chi connectivity index (χ1n) is 5.68. The molecule has 18 heavy (non-hydrogen) atoms. The number of pyridine rings is 1. The number of benzene rings is 1. The summed E-state index contributed by atoms with van der Waals surface area (Å²) in [4.78, 5) is 5.43. The van der Waals surface area contributed by atoms with E-state index < -0.39 is 0 Å². The molecule has 1 aromatic carbocycles. The Morgan fingerprint density at radius 1 is 1.17 bits per heavy atom. The summed E-state index contributed by atoms with van der Waals surface area (Å²) in [7, 11) is 1.61. The van der Waals surface area contributed by atoms with E-state index in [1.54, 1.807) is 25.1 Å². The Hall–Kier alpha value is -1.68. The average Bonchev–Trinajstić information content (AvgIpc) is 2.46. The number of hydrogen-bond donors (Lipinski definition) is 1. The Labute approximate surface area is 112 Å². The van der Waals surface area contributed by atoms with E-state index >= 15 is 0 Å². The van der Waals surface area contributed by atoms with Gasteiger partial charge in [0.1, 0.15) is 0 Å². The summed E-state index contributed by atoms with van der Waals surface area (Å²) in [5, 5.41) is 3.32. The summed E-state index contributed by atoms with van der Waals surface area (Å²) in [5.41, 5.74) is 2.24. The predicted molar refractivity (Wildman–Crippen MR) is 76.3 cm³/mol. The third-order valence-corrected chi connectivity index (χ3v) is 3.34. The zero-order chi connectivity index (χ0) is 12.8. The van der Waals surface area contributed by atoms with E-state index in [4.69, 9.17) is 4.74 Å². The molecular weight excluding hydrogens is 244 g/mol. The lowest BCUT2D eigenvalue weighted by atomic mass is 10.2. The first-order chi connectivity index (χ1) is 8.81. The van der Waals surface area contributed by atoms with Crippen LogP contribution in [0, 0.1) is 0 Å². The van der Waals surface area contributed by atoms with Crippen LogP contribution in [0.1, 0.15) is 5.56 Å². The van der Waals surface area contributed by atoms with Gasteiger partial charge in [0.05, 0.1) is 19.0 Å². The third-order valence-electron chi connectivity index (χ3n) is 2.60. The minimum absolute atomic E-state index is 0.630. The van der Waals surface area contributed by atoms with Crippen LogP contribution in [-0.2, 0) is 6.54 Å². The van der Waals surface area contributed by atoms with E-state index in [2.05, 4.69) is 40.8 Å². The summed E-state index contributed by atoms with van der Waals surface area (Å²) in [6, 6.07) is 12.3. The van der Waals surface area contributed by atoms with Gasteiger partial charge in [-0.05, 0) is 30.0 Å². The molecule has 0 fully saturated rings. The standard InChI is InChI=1S/C14H16N2OS/c1-17-14-8-5-12(10-16-14)15-9-11-3-6-13(18-2)7-4-11/h3-8,10,15H,9H2,1-2H3. The van der Waals surface area contributed by atoms with Crippen LogP contribution in [0.3, 0.4) is 0 Å². The van der Waals surface area contributed by atoms with Gasteiger partial charge in [0.25, 0.3) is 0 Å². The van der Waals surface area contributed by atoms with Crippen LogP contribution in [0.15, 0.2) is 47.5 Å². The van der Waals surface area contributed by atoms with Crippen LogP contribution in [0.5, 0.6) is 5.88 Å². The fourth-order valence-corrected chi connectivity index (χ4v) is 1.96. The van der Waals surface area contributed by atoms with E-state index in [0.29, 0.717) is 5.88 Å². The molecule has 0 aliphatic carbocycles. The van der Waals surface area contributed by atoms with Crippen molar-refractivity contribution in [1.29, 1.82) is 0 Å². The van der Waals surface area contributed by atoms with Crippen LogP contribution in [0.2, 0.25) is 0 Å². The molecule has 2 rings (SSSR count). The lowest BCUT2D eigenvalue weighted by molar-refractivity contribution is 0.398. The Balaban J connectivity index is 1.93. The molecule has 0 amide bonds. The van der Waals surface area contributed by atoms with Crippen LogP contribution in [-0.4, -0.2) is 18.3 Å². The highest BCUT2D eigenvalue weighted by molar-refractivity contribution is 7.98. The SMILES string of the molecule is COc1ccc(NCc2ccc(SC)cc2)cn1. The van der Waals surface area contributed by atoms with Crippen molar-refractivity contribution in [3.05, 3.63) is 48.2 Å². The molecule has 3 nitrogen and oxygen atoms in total. The van der Waals surface area contributed by atoms with Gasteiger partial charge in [-0.2, -0.15) is 0 Å². The lowest BCUT2D eigenvalue weighted by Gasteiger charge is -2.07. The monoisotopic (exact) mass is 260 g/mol. The maximum absolute atomic E-state index is 5.02. The van der Waals surface area contributed by atoms with Gasteiger partial charge < -0.3 is 10.1 Å². The number of nitrogens with one attached hydrogen (secondary N) is 1. The largest absolute Gasteiger partial charge is 0.481 e. The molecule has 0 radical (unpaired) electrons. The van der Waals surface area contributed by atoms with Crippen LogP contribution in [0.4, 0.5) is 5.69 Å². The highest BCUT2D eigenvalue weighted by Crippen LogP contribution is 2.16. The molecule has 0 atom stereocenters. The van der Waals surface area contributed by atoms with Crippen LogP contribution >= 0.6 is 11.8 Å². The molecule has 94 valence electrons. The molecule has 0 aliphatic heterocycles. The van der Waals surface area contributed by atoms with Gasteiger partial charge in [0, 0.05) is 17.5 Å². The molecule has 4 heteroatoms. The van der Waals surface area contributed by atoms with Crippen molar-refractivity contribution in [3.63, 3.8) is 0 Å². The molecule has 0 aliphatic rings. The molecule has 0 saturated carbocycles. The smallest absolute Gasteiger partial charge is 0.213 e. The van der Waals surface area contributed by atoms with Crippen LogP contribution in [0.25, 0.3) is 0 Å². The van der Waals surface area contributed by atoms with E-state index in [1.807, 2.05) is 12.1 Å². The zero-order valence-electron chi connectivity index (χ0n) is 10.5. The maximum atomic E-state index is 5.02.